The zero-order chi connectivity index (χ0) is 25.4. The molecule has 1 amide bonds. The number of amides is 1. The fourth-order valence-corrected chi connectivity index (χ4v) is 3.82. The number of carbonyl (C=O) groups is 2. The van der Waals surface area contributed by atoms with Crippen LogP contribution in [0.5, 0.6) is 0 Å². The van der Waals surface area contributed by atoms with Crippen molar-refractivity contribution >= 4 is 12.1 Å². The lowest BCUT2D eigenvalue weighted by Gasteiger charge is -2.10. The van der Waals surface area contributed by atoms with Crippen molar-refractivity contribution in [3.63, 3.8) is 0 Å². The highest BCUT2D eigenvalue weighted by atomic mass is 16.6. The first-order chi connectivity index (χ1) is 17.1. The second-order valence-electron chi connectivity index (χ2n) is 9.37. The number of aromatic nitrogens is 1. The first kappa shape index (κ1) is 30.7. The highest BCUT2D eigenvalue weighted by Crippen LogP contribution is 2.11. The first-order valence-corrected chi connectivity index (χ1v) is 13.8. The summed E-state index contributed by atoms with van der Waals surface area (Å²) in [5, 5.41) is 2.77. The van der Waals surface area contributed by atoms with Crippen LogP contribution in [0.1, 0.15) is 103 Å². The SMILES string of the molecule is C=C(COC(=O)CCCCC[n+]1ccccc1)COC(=O)NCCCCCCCCCCCCC. The molecule has 0 saturated carbocycles. The van der Waals surface area contributed by atoms with Gasteiger partial charge in [-0.05, 0) is 24.8 Å². The standard InChI is InChI=1S/C29H48N2O4/c1-3-4-5-6-7-8-9-10-11-12-16-21-30-29(33)35-26-27(2)25-34-28(32)20-15-13-17-22-31-23-18-14-19-24-31/h14,18-19,23-24H,2-13,15-17,20-22,25-26H2,1H3/p+1. The van der Waals surface area contributed by atoms with Crippen LogP contribution in [0.4, 0.5) is 4.79 Å². The Balaban J connectivity index is 1.87. The molecule has 6 heteroatoms. The minimum Gasteiger partial charge on any atom is -0.461 e. The van der Waals surface area contributed by atoms with Crippen LogP contribution in [-0.2, 0) is 20.8 Å². The van der Waals surface area contributed by atoms with E-state index in [1.807, 2.05) is 30.6 Å². The average molecular weight is 490 g/mol. The van der Waals surface area contributed by atoms with Crippen molar-refractivity contribution in [3.8, 4) is 0 Å². The van der Waals surface area contributed by atoms with Crippen molar-refractivity contribution in [3.05, 3.63) is 42.7 Å². The maximum atomic E-state index is 11.9. The van der Waals surface area contributed by atoms with Crippen LogP contribution < -0.4 is 9.88 Å². The van der Waals surface area contributed by atoms with Crippen molar-refractivity contribution in [1.82, 2.24) is 5.32 Å². The third kappa shape index (κ3) is 19.6. The van der Waals surface area contributed by atoms with Crippen LogP contribution in [0.15, 0.2) is 42.7 Å². The van der Waals surface area contributed by atoms with E-state index < -0.39 is 6.09 Å². The van der Waals surface area contributed by atoms with Crippen LogP contribution in [0.2, 0.25) is 0 Å². The lowest BCUT2D eigenvalue weighted by atomic mass is 10.1. The number of unbranched alkanes of at least 4 members (excludes halogenated alkanes) is 12. The summed E-state index contributed by atoms with van der Waals surface area (Å²) >= 11 is 0. The van der Waals surface area contributed by atoms with Crippen LogP contribution in [0.3, 0.4) is 0 Å². The molecule has 6 nitrogen and oxygen atoms in total. The fraction of sp³-hybridized carbons (Fsp3) is 0.690. The molecule has 1 aromatic heterocycles. The van der Waals surface area contributed by atoms with E-state index in [0.29, 0.717) is 18.5 Å². The van der Waals surface area contributed by atoms with Gasteiger partial charge in [-0.1, -0.05) is 83.8 Å². The van der Waals surface area contributed by atoms with Gasteiger partial charge < -0.3 is 14.8 Å². The summed E-state index contributed by atoms with van der Waals surface area (Å²) in [6, 6.07) is 6.02. The number of alkyl carbamates (subject to hydrolysis) is 1. The van der Waals surface area contributed by atoms with Crippen LogP contribution >= 0.6 is 0 Å². The van der Waals surface area contributed by atoms with Gasteiger partial charge >= 0.3 is 12.1 Å². The van der Waals surface area contributed by atoms with Crippen molar-refractivity contribution in [2.24, 2.45) is 0 Å². The Morgan fingerprint density at radius 1 is 0.743 bits per heavy atom. The monoisotopic (exact) mass is 489 g/mol. The molecule has 0 fully saturated rings. The largest absolute Gasteiger partial charge is 0.461 e. The Hall–Kier alpha value is -2.37. The van der Waals surface area contributed by atoms with Gasteiger partial charge in [0.05, 0.1) is 0 Å². The smallest absolute Gasteiger partial charge is 0.407 e. The van der Waals surface area contributed by atoms with Crippen molar-refractivity contribution in [2.45, 2.75) is 110 Å². The predicted molar refractivity (Wildman–Crippen MR) is 141 cm³/mol. The van der Waals surface area contributed by atoms with Crippen LogP contribution in [0.25, 0.3) is 0 Å². The molecule has 0 unspecified atom stereocenters. The van der Waals surface area contributed by atoms with E-state index in [4.69, 9.17) is 9.47 Å². The summed E-state index contributed by atoms with van der Waals surface area (Å²) in [4.78, 5) is 23.7. The average Bonchev–Trinajstić information content (AvgIpc) is 2.87. The minimum absolute atomic E-state index is 0.0612. The number of ether oxygens (including phenoxy) is 2. The molecule has 0 atom stereocenters. The van der Waals surface area contributed by atoms with E-state index in [1.165, 1.54) is 57.8 Å². The summed E-state index contributed by atoms with van der Waals surface area (Å²) in [6.07, 6.45) is 20.9. The van der Waals surface area contributed by atoms with E-state index >= 15 is 0 Å². The van der Waals surface area contributed by atoms with Gasteiger partial charge in [-0.3, -0.25) is 4.79 Å². The highest BCUT2D eigenvalue weighted by Gasteiger charge is 2.07. The minimum atomic E-state index is -0.444. The summed E-state index contributed by atoms with van der Waals surface area (Å²) in [7, 11) is 0. The number of hydrogen-bond donors (Lipinski definition) is 1. The number of rotatable bonds is 22. The molecule has 0 spiro atoms. The molecule has 198 valence electrons. The van der Waals surface area contributed by atoms with E-state index in [-0.39, 0.29) is 19.2 Å². The number of pyridine rings is 1. The third-order valence-electron chi connectivity index (χ3n) is 5.97. The quantitative estimate of drug-likeness (QED) is 0.0854. The first-order valence-electron chi connectivity index (χ1n) is 13.8. The number of esters is 1. The van der Waals surface area contributed by atoms with Gasteiger partial charge in [0, 0.05) is 31.5 Å². The normalized spacial score (nSPS) is 10.7. The summed E-state index contributed by atoms with van der Waals surface area (Å²) in [6.45, 7) is 7.80. The van der Waals surface area contributed by atoms with Gasteiger partial charge in [-0.2, -0.15) is 0 Å². The van der Waals surface area contributed by atoms with Crippen LogP contribution in [0, 0.1) is 0 Å². The Bertz CT molecular complexity index is 679. The number of carbonyl (C=O) groups excluding carboxylic acids is 2. The Morgan fingerprint density at radius 3 is 1.97 bits per heavy atom. The molecule has 0 bridgehead atoms. The van der Waals surface area contributed by atoms with Gasteiger partial charge in [0.25, 0.3) is 0 Å². The molecule has 0 aliphatic heterocycles. The Labute approximate surface area is 213 Å². The Morgan fingerprint density at radius 2 is 1.31 bits per heavy atom. The van der Waals surface area contributed by atoms with E-state index in [9.17, 15) is 9.59 Å². The van der Waals surface area contributed by atoms with Crippen molar-refractivity contribution < 1.29 is 23.6 Å². The molecule has 1 N–H and O–H groups in total. The van der Waals surface area contributed by atoms with E-state index in [2.05, 4.69) is 23.4 Å². The third-order valence-corrected chi connectivity index (χ3v) is 5.97. The molecular formula is C29H49N2O4+. The number of aryl methyl sites for hydroxylation is 1. The van der Waals surface area contributed by atoms with E-state index in [0.717, 1.165) is 38.6 Å². The van der Waals surface area contributed by atoms with Gasteiger partial charge in [-0.15, -0.1) is 0 Å². The molecule has 1 aromatic rings. The van der Waals surface area contributed by atoms with Gasteiger partial charge in [-0.25, -0.2) is 9.36 Å². The molecule has 1 heterocycles. The number of nitrogens with one attached hydrogen (secondary N) is 1. The van der Waals surface area contributed by atoms with Crippen molar-refractivity contribution in [2.75, 3.05) is 19.8 Å². The molecule has 0 saturated heterocycles. The van der Waals surface area contributed by atoms with E-state index in [1.54, 1.807) is 0 Å². The molecule has 0 radical (unpaired) electrons. The number of nitrogens with zero attached hydrogens (tertiary/aromatic N) is 1. The maximum Gasteiger partial charge on any atom is 0.407 e. The Kier molecular flexibility index (Phi) is 19.4. The zero-order valence-electron chi connectivity index (χ0n) is 22.1. The lowest BCUT2D eigenvalue weighted by Crippen LogP contribution is -2.32. The predicted octanol–water partition coefficient (Wildman–Crippen LogP) is 6.67. The highest BCUT2D eigenvalue weighted by molar-refractivity contribution is 5.69. The molecule has 0 aliphatic rings. The van der Waals surface area contributed by atoms with Gasteiger partial charge in [0.2, 0.25) is 0 Å². The molecule has 0 aromatic carbocycles. The topological polar surface area (TPSA) is 68.5 Å². The second-order valence-corrected chi connectivity index (χ2v) is 9.37. The zero-order valence-corrected chi connectivity index (χ0v) is 22.1. The summed E-state index contributed by atoms with van der Waals surface area (Å²) in [5.41, 5.74) is 0.573. The van der Waals surface area contributed by atoms with Gasteiger partial charge in [0.1, 0.15) is 19.8 Å². The van der Waals surface area contributed by atoms with Gasteiger partial charge in [0.15, 0.2) is 12.4 Å². The lowest BCUT2D eigenvalue weighted by molar-refractivity contribution is -0.697. The second kappa shape index (κ2) is 22.1. The fourth-order valence-electron chi connectivity index (χ4n) is 3.82. The summed E-state index contributed by atoms with van der Waals surface area (Å²) < 4.78 is 12.5. The molecular weight excluding hydrogens is 440 g/mol. The van der Waals surface area contributed by atoms with Crippen molar-refractivity contribution in [1.29, 1.82) is 0 Å². The number of hydrogen-bond acceptors (Lipinski definition) is 4. The maximum absolute atomic E-state index is 11.9. The van der Waals surface area contributed by atoms with Crippen LogP contribution in [-0.4, -0.2) is 31.8 Å². The molecule has 1 rings (SSSR count). The summed E-state index contributed by atoms with van der Waals surface area (Å²) in [5.74, 6) is -0.237. The molecule has 35 heavy (non-hydrogen) atoms. The molecule has 0 aliphatic carbocycles.